The quantitative estimate of drug-likeness (QED) is 0.461. The minimum absolute atomic E-state index is 0. The molecule has 1 aromatic carbocycles. The Balaban J connectivity index is 0.00000220. The van der Waals surface area contributed by atoms with Crippen LogP contribution in [-0.2, 0) is 6.54 Å². The molecule has 1 heterocycles. The van der Waals surface area contributed by atoms with Crippen molar-refractivity contribution in [1.29, 1.82) is 0 Å². The second kappa shape index (κ2) is 8.99. The molecule has 0 aliphatic heterocycles. The molecule has 2 aromatic rings. The number of aliphatic imine (C=N–C) groups is 1. The number of halogens is 1. The predicted octanol–water partition coefficient (Wildman–Crippen LogP) is 3.58. The van der Waals surface area contributed by atoms with Gasteiger partial charge in [0, 0.05) is 24.0 Å². The van der Waals surface area contributed by atoms with Gasteiger partial charge in [0.15, 0.2) is 5.96 Å². The molecule has 114 valence electrons. The Morgan fingerprint density at radius 1 is 1.24 bits per heavy atom. The van der Waals surface area contributed by atoms with E-state index in [-0.39, 0.29) is 24.0 Å². The Bertz CT molecular complexity index is 564. The van der Waals surface area contributed by atoms with Crippen molar-refractivity contribution >= 4 is 41.3 Å². The molecular formula is C15H21IN4S. The zero-order valence-electron chi connectivity index (χ0n) is 12.3. The van der Waals surface area contributed by atoms with Crippen LogP contribution in [0.25, 0.3) is 10.6 Å². The van der Waals surface area contributed by atoms with Gasteiger partial charge in [-0.1, -0.05) is 30.3 Å². The first kappa shape index (κ1) is 17.9. The number of hydrogen-bond acceptors (Lipinski definition) is 3. The smallest absolute Gasteiger partial charge is 0.191 e. The number of thiazole rings is 1. The highest BCUT2D eigenvalue weighted by molar-refractivity contribution is 14.0. The highest BCUT2D eigenvalue weighted by Gasteiger charge is 2.05. The predicted molar refractivity (Wildman–Crippen MR) is 101 cm³/mol. The molecule has 2 N–H and O–H groups in total. The lowest BCUT2D eigenvalue weighted by Gasteiger charge is -2.19. The molecule has 0 amide bonds. The van der Waals surface area contributed by atoms with Crippen molar-refractivity contribution in [1.82, 2.24) is 9.88 Å². The highest BCUT2D eigenvalue weighted by Crippen LogP contribution is 2.23. The fraction of sp³-hybridized carbons (Fsp3) is 0.333. The zero-order valence-corrected chi connectivity index (χ0v) is 15.5. The second-order valence-corrected chi connectivity index (χ2v) is 5.21. The summed E-state index contributed by atoms with van der Waals surface area (Å²) in [6, 6.07) is 10.2. The first-order valence-corrected chi connectivity index (χ1v) is 7.67. The maximum Gasteiger partial charge on any atom is 0.191 e. The minimum Gasteiger partial charge on any atom is -0.370 e. The van der Waals surface area contributed by atoms with E-state index >= 15 is 0 Å². The summed E-state index contributed by atoms with van der Waals surface area (Å²) < 4.78 is 0. The van der Waals surface area contributed by atoms with Gasteiger partial charge in [0.2, 0.25) is 0 Å². The molecule has 1 aromatic heterocycles. The second-order valence-electron chi connectivity index (χ2n) is 4.36. The Hall–Kier alpha value is -1.15. The molecule has 0 saturated carbocycles. The molecule has 0 saturated heterocycles. The SMILES string of the molecule is CCN(CC)C(N)=NCc1csc(-c2ccccc2)n1.I. The largest absolute Gasteiger partial charge is 0.370 e. The van der Waals surface area contributed by atoms with E-state index in [4.69, 9.17) is 5.73 Å². The van der Waals surface area contributed by atoms with Gasteiger partial charge < -0.3 is 10.6 Å². The summed E-state index contributed by atoms with van der Waals surface area (Å²) in [4.78, 5) is 11.0. The van der Waals surface area contributed by atoms with Crippen LogP contribution < -0.4 is 5.73 Å². The molecule has 0 aliphatic rings. The van der Waals surface area contributed by atoms with Crippen molar-refractivity contribution in [3.63, 3.8) is 0 Å². The summed E-state index contributed by atoms with van der Waals surface area (Å²) in [7, 11) is 0. The summed E-state index contributed by atoms with van der Waals surface area (Å²) in [5.41, 5.74) is 8.06. The monoisotopic (exact) mass is 416 g/mol. The van der Waals surface area contributed by atoms with Crippen molar-refractivity contribution in [2.75, 3.05) is 13.1 Å². The minimum atomic E-state index is 0. The third-order valence-corrected chi connectivity index (χ3v) is 4.00. The van der Waals surface area contributed by atoms with Gasteiger partial charge in [-0.2, -0.15) is 0 Å². The molecule has 6 heteroatoms. The van der Waals surface area contributed by atoms with E-state index in [9.17, 15) is 0 Å². The summed E-state index contributed by atoms with van der Waals surface area (Å²) in [5, 5.41) is 3.07. The lowest BCUT2D eigenvalue weighted by molar-refractivity contribution is 0.458. The van der Waals surface area contributed by atoms with Crippen LogP contribution in [0.4, 0.5) is 0 Å². The maximum absolute atomic E-state index is 5.96. The molecule has 4 nitrogen and oxygen atoms in total. The molecule has 0 spiro atoms. The Kier molecular flexibility index (Phi) is 7.66. The van der Waals surface area contributed by atoms with E-state index in [1.165, 1.54) is 0 Å². The summed E-state index contributed by atoms with van der Waals surface area (Å²) >= 11 is 1.64. The van der Waals surface area contributed by atoms with Crippen LogP contribution >= 0.6 is 35.3 Å². The Morgan fingerprint density at radius 2 is 1.90 bits per heavy atom. The van der Waals surface area contributed by atoms with Gasteiger partial charge in [-0.15, -0.1) is 35.3 Å². The number of hydrogen-bond donors (Lipinski definition) is 1. The zero-order chi connectivity index (χ0) is 14.4. The van der Waals surface area contributed by atoms with E-state index in [0.29, 0.717) is 12.5 Å². The molecule has 0 fully saturated rings. The van der Waals surface area contributed by atoms with Crippen molar-refractivity contribution in [3.05, 3.63) is 41.4 Å². The van der Waals surface area contributed by atoms with Gasteiger partial charge in [-0.3, -0.25) is 0 Å². The van der Waals surface area contributed by atoms with Crippen LogP contribution in [0.15, 0.2) is 40.7 Å². The van der Waals surface area contributed by atoms with Crippen molar-refractivity contribution < 1.29 is 0 Å². The number of nitrogens with zero attached hydrogens (tertiary/aromatic N) is 3. The third-order valence-electron chi connectivity index (χ3n) is 3.06. The number of benzene rings is 1. The maximum atomic E-state index is 5.96. The topological polar surface area (TPSA) is 54.5 Å². The van der Waals surface area contributed by atoms with Crippen LogP contribution in [0.2, 0.25) is 0 Å². The van der Waals surface area contributed by atoms with E-state index < -0.39 is 0 Å². The Labute approximate surface area is 147 Å². The molecule has 2 rings (SSSR count). The van der Waals surface area contributed by atoms with Gasteiger partial charge in [0.05, 0.1) is 12.2 Å². The molecule has 0 aliphatic carbocycles. The van der Waals surface area contributed by atoms with Crippen LogP contribution in [0.5, 0.6) is 0 Å². The van der Waals surface area contributed by atoms with Crippen LogP contribution in [0, 0.1) is 0 Å². The number of guanidine groups is 1. The van der Waals surface area contributed by atoms with Crippen molar-refractivity contribution in [3.8, 4) is 10.6 Å². The first-order valence-electron chi connectivity index (χ1n) is 6.79. The standard InChI is InChI=1S/C15H20N4S.HI/c1-3-19(4-2)15(16)17-10-13-11-20-14(18-13)12-8-6-5-7-9-12;/h5-9,11H,3-4,10H2,1-2H3,(H2,16,17);1H. The number of nitrogens with two attached hydrogens (primary N) is 1. The van der Waals surface area contributed by atoms with E-state index in [2.05, 4.69) is 36.0 Å². The molecule has 0 atom stereocenters. The lowest BCUT2D eigenvalue weighted by Crippen LogP contribution is -2.37. The molecule has 21 heavy (non-hydrogen) atoms. The van der Waals surface area contributed by atoms with Crippen LogP contribution in [0.3, 0.4) is 0 Å². The normalized spacial score (nSPS) is 11.0. The fourth-order valence-electron chi connectivity index (χ4n) is 1.90. The van der Waals surface area contributed by atoms with Gasteiger partial charge >= 0.3 is 0 Å². The summed E-state index contributed by atoms with van der Waals surface area (Å²) in [6.45, 7) is 6.42. The molecule has 0 bridgehead atoms. The van der Waals surface area contributed by atoms with Gasteiger partial charge in [0.25, 0.3) is 0 Å². The van der Waals surface area contributed by atoms with E-state index in [0.717, 1.165) is 29.4 Å². The average Bonchev–Trinajstić information content (AvgIpc) is 2.96. The summed E-state index contributed by atoms with van der Waals surface area (Å²) in [5.74, 6) is 0.587. The van der Waals surface area contributed by atoms with Gasteiger partial charge in [-0.25, -0.2) is 9.98 Å². The molecular weight excluding hydrogens is 395 g/mol. The number of rotatable bonds is 5. The first-order chi connectivity index (χ1) is 9.74. The van der Waals surface area contributed by atoms with Gasteiger partial charge in [0.1, 0.15) is 5.01 Å². The molecule has 0 unspecified atom stereocenters. The molecule has 0 radical (unpaired) electrons. The van der Waals surface area contributed by atoms with Gasteiger partial charge in [-0.05, 0) is 13.8 Å². The third kappa shape index (κ3) is 4.96. The van der Waals surface area contributed by atoms with Crippen LogP contribution in [-0.4, -0.2) is 28.9 Å². The highest BCUT2D eigenvalue weighted by atomic mass is 127. The lowest BCUT2D eigenvalue weighted by atomic mass is 10.2. The van der Waals surface area contributed by atoms with Crippen molar-refractivity contribution in [2.24, 2.45) is 10.7 Å². The Morgan fingerprint density at radius 3 is 2.52 bits per heavy atom. The number of aromatic nitrogens is 1. The fourth-order valence-corrected chi connectivity index (χ4v) is 2.72. The van der Waals surface area contributed by atoms with E-state index in [1.807, 2.05) is 28.5 Å². The van der Waals surface area contributed by atoms with Crippen LogP contribution in [0.1, 0.15) is 19.5 Å². The summed E-state index contributed by atoms with van der Waals surface area (Å²) in [6.07, 6.45) is 0. The van der Waals surface area contributed by atoms with E-state index in [1.54, 1.807) is 11.3 Å². The average molecular weight is 416 g/mol. The van der Waals surface area contributed by atoms with Crippen molar-refractivity contribution in [2.45, 2.75) is 20.4 Å².